The van der Waals surface area contributed by atoms with Crippen LogP contribution < -0.4 is 10.6 Å². The topological polar surface area (TPSA) is 116 Å². The van der Waals surface area contributed by atoms with Gasteiger partial charge in [-0.15, -0.1) is 0 Å². The summed E-state index contributed by atoms with van der Waals surface area (Å²) in [5.74, 6) is -1.43. The summed E-state index contributed by atoms with van der Waals surface area (Å²) in [5.41, 5.74) is 0. The molecule has 0 aromatic rings. The van der Waals surface area contributed by atoms with Gasteiger partial charge < -0.3 is 15.7 Å². The van der Waals surface area contributed by atoms with Gasteiger partial charge in [0.05, 0.1) is 6.42 Å². The Morgan fingerprint density at radius 3 is 2.60 bits per heavy atom. The van der Waals surface area contributed by atoms with Gasteiger partial charge >= 0.3 is 12.0 Å². The molecule has 2 atom stereocenters. The van der Waals surface area contributed by atoms with Crippen molar-refractivity contribution in [3.63, 3.8) is 0 Å². The number of urea groups is 1. The fourth-order valence-corrected chi connectivity index (χ4v) is 2.19. The van der Waals surface area contributed by atoms with Gasteiger partial charge in [-0.1, -0.05) is 0 Å². The monoisotopic (exact) mass is 303 g/mol. The molecule has 0 aromatic carbocycles. The van der Waals surface area contributed by atoms with Crippen molar-refractivity contribution in [3.8, 4) is 0 Å². The minimum atomic E-state index is -1.14. The molecule has 112 valence electrons. The number of imide groups is 1. The second-order valence-electron chi connectivity index (χ2n) is 4.34. The average Bonchev–Trinajstić information content (AvgIpc) is 2.61. The summed E-state index contributed by atoms with van der Waals surface area (Å²) in [6.07, 6.45) is 2.00. The Morgan fingerprint density at radius 1 is 1.50 bits per heavy atom. The van der Waals surface area contributed by atoms with Crippen molar-refractivity contribution >= 4 is 35.6 Å². The molecule has 1 aliphatic rings. The van der Waals surface area contributed by atoms with E-state index in [1.165, 1.54) is 18.8 Å². The standard InChI is InChI=1S/C11H17N3O5S/c1-14-8(15)5-7(9(14)16)13-11(19)12-6(10(17)18)3-4-20-2/h6-7H,3-5H2,1-2H3,(H,17,18)(H2,12,13,19). The quantitative estimate of drug-likeness (QED) is 0.556. The Bertz CT molecular complexity index is 428. The van der Waals surface area contributed by atoms with Crippen LogP contribution in [-0.4, -0.2) is 65.0 Å². The van der Waals surface area contributed by atoms with Gasteiger partial charge in [0.15, 0.2) is 0 Å². The van der Waals surface area contributed by atoms with E-state index in [0.717, 1.165) is 4.90 Å². The van der Waals surface area contributed by atoms with E-state index in [1.54, 1.807) is 0 Å². The number of carbonyl (C=O) groups is 4. The maximum Gasteiger partial charge on any atom is 0.326 e. The molecule has 1 saturated heterocycles. The highest BCUT2D eigenvalue weighted by Crippen LogP contribution is 2.10. The summed E-state index contributed by atoms with van der Waals surface area (Å²) in [6, 6.07) is -2.71. The van der Waals surface area contributed by atoms with Gasteiger partial charge in [-0.25, -0.2) is 9.59 Å². The number of amides is 4. The third-order valence-electron chi connectivity index (χ3n) is 2.90. The van der Waals surface area contributed by atoms with Crippen LogP contribution in [0.5, 0.6) is 0 Å². The number of hydrogen-bond acceptors (Lipinski definition) is 5. The third kappa shape index (κ3) is 4.12. The van der Waals surface area contributed by atoms with Gasteiger partial charge in [0.25, 0.3) is 5.91 Å². The SMILES string of the molecule is CSCCC(NC(=O)NC1CC(=O)N(C)C1=O)C(=O)O. The number of nitrogens with zero attached hydrogens (tertiary/aromatic N) is 1. The zero-order valence-corrected chi connectivity index (χ0v) is 12.0. The normalized spacial score (nSPS) is 19.9. The predicted octanol–water partition coefficient (Wildman–Crippen LogP) is -0.751. The molecule has 1 fully saturated rings. The second kappa shape index (κ2) is 7.13. The van der Waals surface area contributed by atoms with E-state index < -0.39 is 30.0 Å². The first-order valence-electron chi connectivity index (χ1n) is 5.96. The number of likely N-dealkylation sites (tertiary alicyclic amines) is 1. The van der Waals surface area contributed by atoms with E-state index in [-0.39, 0.29) is 18.7 Å². The van der Waals surface area contributed by atoms with Crippen LogP contribution in [-0.2, 0) is 14.4 Å². The third-order valence-corrected chi connectivity index (χ3v) is 3.54. The number of nitrogens with one attached hydrogen (secondary N) is 2. The van der Waals surface area contributed by atoms with E-state index in [2.05, 4.69) is 10.6 Å². The molecule has 4 amide bonds. The highest BCUT2D eigenvalue weighted by Gasteiger charge is 2.37. The molecule has 2 unspecified atom stereocenters. The fraction of sp³-hybridized carbons (Fsp3) is 0.636. The summed E-state index contributed by atoms with van der Waals surface area (Å²) in [4.78, 5) is 46.4. The van der Waals surface area contributed by atoms with Crippen LogP contribution in [0.2, 0.25) is 0 Å². The molecule has 0 spiro atoms. The molecule has 1 rings (SSSR count). The van der Waals surface area contributed by atoms with Crippen molar-refractivity contribution in [2.75, 3.05) is 19.1 Å². The number of hydrogen-bond donors (Lipinski definition) is 3. The van der Waals surface area contributed by atoms with Crippen LogP contribution in [0.15, 0.2) is 0 Å². The Hall–Kier alpha value is -1.77. The van der Waals surface area contributed by atoms with Crippen molar-refractivity contribution in [3.05, 3.63) is 0 Å². The van der Waals surface area contributed by atoms with Crippen LogP contribution in [0, 0.1) is 0 Å². The number of carboxylic acid groups (broad SMARTS) is 1. The molecular formula is C11H17N3O5S. The van der Waals surface area contributed by atoms with Gasteiger partial charge in [0, 0.05) is 7.05 Å². The van der Waals surface area contributed by atoms with Crippen LogP contribution in [0.4, 0.5) is 4.79 Å². The molecular weight excluding hydrogens is 286 g/mol. The first kappa shape index (κ1) is 16.3. The van der Waals surface area contributed by atoms with Gasteiger partial charge in [-0.3, -0.25) is 14.5 Å². The minimum absolute atomic E-state index is 0.106. The smallest absolute Gasteiger partial charge is 0.326 e. The lowest BCUT2D eigenvalue weighted by atomic mass is 10.2. The lowest BCUT2D eigenvalue weighted by molar-refractivity contribution is -0.139. The fourth-order valence-electron chi connectivity index (χ4n) is 1.72. The molecule has 1 aliphatic heterocycles. The number of likely N-dealkylation sites (N-methyl/N-ethyl adjacent to an activating group) is 1. The predicted molar refractivity (Wildman–Crippen MR) is 72.3 cm³/mol. The molecule has 8 nitrogen and oxygen atoms in total. The number of carbonyl (C=O) groups excluding carboxylic acids is 3. The van der Waals surface area contributed by atoms with E-state index in [9.17, 15) is 19.2 Å². The molecule has 0 saturated carbocycles. The number of rotatable bonds is 6. The molecule has 0 radical (unpaired) electrons. The van der Waals surface area contributed by atoms with E-state index in [0.29, 0.717) is 5.75 Å². The van der Waals surface area contributed by atoms with E-state index in [1.807, 2.05) is 6.26 Å². The maximum atomic E-state index is 11.7. The summed E-state index contributed by atoms with van der Waals surface area (Å²) in [5, 5.41) is 13.6. The maximum absolute atomic E-state index is 11.7. The van der Waals surface area contributed by atoms with Crippen molar-refractivity contribution in [1.82, 2.24) is 15.5 Å². The Balaban J connectivity index is 2.52. The summed E-state index contributed by atoms with van der Waals surface area (Å²) in [7, 11) is 1.34. The Kier molecular flexibility index (Phi) is 5.81. The van der Waals surface area contributed by atoms with E-state index in [4.69, 9.17) is 5.11 Å². The van der Waals surface area contributed by atoms with E-state index >= 15 is 0 Å². The second-order valence-corrected chi connectivity index (χ2v) is 5.32. The summed E-state index contributed by atoms with van der Waals surface area (Å²) >= 11 is 1.47. The zero-order chi connectivity index (χ0) is 15.3. The highest BCUT2D eigenvalue weighted by molar-refractivity contribution is 7.98. The lowest BCUT2D eigenvalue weighted by Crippen LogP contribution is -2.50. The van der Waals surface area contributed by atoms with Gasteiger partial charge in [0.2, 0.25) is 5.91 Å². The molecule has 0 aliphatic carbocycles. The molecule has 0 bridgehead atoms. The lowest BCUT2D eigenvalue weighted by Gasteiger charge is -2.16. The van der Waals surface area contributed by atoms with Crippen LogP contribution in [0.1, 0.15) is 12.8 Å². The van der Waals surface area contributed by atoms with Crippen molar-refractivity contribution in [2.24, 2.45) is 0 Å². The highest BCUT2D eigenvalue weighted by atomic mass is 32.2. The Morgan fingerprint density at radius 2 is 2.15 bits per heavy atom. The first-order valence-corrected chi connectivity index (χ1v) is 7.35. The molecule has 3 N–H and O–H groups in total. The van der Waals surface area contributed by atoms with Gasteiger partial charge in [-0.2, -0.15) is 11.8 Å². The van der Waals surface area contributed by atoms with Gasteiger partial charge in [0.1, 0.15) is 12.1 Å². The van der Waals surface area contributed by atoms with Crippen molar-refractivity contribution in [2.45, 2.75) is 24.9 Å². The Labute approximate surface area is 120 Å². The van der Waals surface area contributed by atoms with Crippen molar-refractivity contribution in [1.29, 1.82) is 0 Å². The van der Waals surface area contributed by atoms with Crippen LogP contribution >= 0.6 is 11.8 Å². The summed E-state index contributed by atoms with van der Waals surface area (Å²) in [6.45, 7) is 0. The minimum Gasteiger partial charge on any atom is -0.480 e. The average molecular weight is 303 g/mol. The first-order chi connectivity index (χ1) is 9.36. The molecule has 20 heavy (non-hydrogen) atoms. The molecule has 0 aromatic heterocycles. The summed E-state index contributed by atoms with van der Waals surface area (Å²) < 4.78 is 0. The van der Waals surface area contributed by atoms with Crippen LogP contribution in [0.3, 0.4) is 0 Å². The van der Waals surface area contributed by atoms with Gasteiger partial charge in [-0.05, 0) is 18.4 Å². The van der Waals surface area contributed by atoms with Crippen LogP contribution in [0.25, 0.3) is 0 Å². The number of aliphatic carboxylic acids is 1. The molecule has 1 heterocycles. The zero-order valence-electron chi connectivity index (χ0n) is 11.2. The van der Waals surface area contributed by atoms with Crippen molar-refractivity contribution < 1.29 is 24.3 Å². The number of carboxylic acids is 1. The largest absolute Gasteiger partial charge is 0.480 e. The number of thioether (sulfide) groups is 1. The molecule has 9 heteroatoms.